The van der Waals surface area contributed by atoms with Crippen molar-refractivity contribution in [2.75, 3.05) is 18.0 Å². The molecule has 0 saturated carbocycles. The molecule has 0 radical (unpaired) electrons. The van der Waals surface area contributed by atoms with Gasteiger partial charge in [-0.05, 0) is 23.6 Å². The minimum absolute atomic E-state index is 0.376. The smallest absolute Gasteiger partial charge is 0.0556 e. The van der Waals surface area contributed by atoms with E-state index in [-0.39, 0.29) is 0 Å². The van der Waals surface area contributed by atoms with Crippen LogP contribution in [-0.4, -0.2) is 24.1 Å². The molecule has 3 rings (SSSR count). The number of aromatic nitrogens is 1. The lowest BCUT2D eigenvalue weighted by Gasteiger charge is -2.44. The minimum Gasteiger partial charge on any atom is -0.364 e. The Kier molecular flexibility index (Phi) is 4.20. The highest BCUT2D eigenvalue weighted by Gasteiger charge is 2.30. The first kappa shape index (κ1) is 14.1. The number of rotatable bonds is 3. The zero-order valence-corrected chi connectivity index (χ0v) is 12.7. The lowest BCUT2D eigenvalue weighted by molar-refractivity contribution is 0.342. The molecule has 0 spiro atoms. The molecule has 21 heavy (non-hydrogen) atoms. The fraction of sp³-hybridized carbons (Fsp3) is 0.389. The topological polar surface area (TPSA) is 28.2 Å². The van der Waals surface area contributed by atoms with Gasteiger partial charge in [-0.15, -0.1) is 0 Å². The van der Waals surface area contributed by atoms with Crippen LogP contribution in [0.1, 0.15) is 25.5 Å². The lowest BCUT2D eigenvalue weighted by atomic mass is 9.95. The van der Waals surface area contributed by atoms with Crippen molar-refractivity contribution in [1.29, 1.82) is 0 Å². The van der Waals surface area contributed by atoms with Crippen LogP contribution in [0.3, 0.4) is 0 Å². The first-order chi connectivity index (χ1) is 10.3. The number of nitrogens with zero attached hydrogens (tertiary/aromatic N) is 2. The molecule has 3 nitrogen and oxygen atoms in total. The molecule has 2 heterocycles. The zero-order chi connectivity index (χ0) is 14.7. The van der Waals surface area contributed by atoms with Crippen LogP contribution in [0.25, 0.3) is 0 Å². The van der Waals surface area contributed by atoms with Crippen molar-refractivity contribution in [2.24, 2.45) is 5.92 Å². The van der Waals surface area contributed by atoms with Gasteiger partial charge in [0.05, 0.1) is 11.9 Å². The molecule has 1 aromatic carbocycles. The summed E-state index contributed by atoms with van der Waals surface area (Å²) in [6.45, 7) is 6.57. The zero-order valence-electron chi connectivity index (χ0n) is 12.7. The predicted octanol–water partition coefficient (Wildman–Crippen LogP) is 3.26. The maximum Gasteiger partial charge on any atom is 0.0556 e. The van der Waals surface area contributed by atoms with Crippen LogP contribution in [0.2, 0.25) is 0 Å². The van der Waals surface area contributed by atoms with Crippen molar-refractivity contribution in [3.8, 4) is 0 Å². The Labute approximate surface area is 127 Å². The number of piperazine rings is 1. The van der Waals surface area contributed by atoms with E-state index in [1.165, 1.54) is 11.3 Å². The summed E-state index contributed by atoms with van der Waals surface area (Å²) >= 11 is 0. The van der Waals surface area contributed by atoms with Crippen molar-refractivity contribution in [3.63, 3.8) is 0 Å². The molecule has 3 heteroatoms. The van der Waals surface area contributed by atoms with Crippen LogP contribution in [-0.2, 0) is 0 Å². The van der Waals surface area contributed by atoms with Crippen molar-refractivity contribution in [1.82, 2.24) is 10.3 Å². The van der Waals surface area contributed by atoms with Gasteiger partial charge in [0.2, 0.25) is 0 Å². The van der Waals surface area contributed by atoms with E-state index in [4.69, 9.17) is 0 Å². The molecule has 1 aromatic heterocycles. The van der Waals surface area contributed by atoms with Gasteiger partial charge in [0.1, 0.15) is 0 Å². The maximum atomic E-state index is 4.29. The summed E-state index contributed by atoms with van der Waals surface area (Å²) in [5, 5.41) is 3.70. The average molecular weight is 281 g/mol. The Bertz CT molecular complexity index is 553. The second kappa shape index (κ2) is 6.27. The molecule has 0 bridgehead atoms. The molecule has 1 fully saturated rings. The Morgan fingerprint density at radius 2 is 1.95 bits per heavy atom. The van der Waals surface area contributed by atoms with Gasteiger partial charge in [-0.2, -0.15) is 0 Å². The molecule has 2 unspecified atom stereocenters. The molecule has 0 amide bonds. The molecule has 1 saturated heterocycles. The Morgan fingerprint density at radius 3 is 2.62 bits per heavy atom. The van der Waals surface area contributed by atoms with Gasteiger partial charge in [-0.3, -0.25) is 4.98 Å². The third-order valence-corrected chi connectivity index (χ3v) is 4.30. The molecule has 110 valence electrons. The van der Waals surface area contributed by atoms with E-state index in [2.05, 4.69) is 65.4 Å². The van der Waals surface area contributed by atoms with E-state index in [9.17, 15) is 0 Å². The first-order valence-electron chi connectivity index (χ1n) is 7.70. The molecule has 0 aliphatic carbocycles. The van der Waals surface area contributed by atoms with Gasteiger partial charge in [0, 0.05) is 31.4 Å². The summed E-state index contributed by atoms with van der Waals surface area (Å²) in [7, 11) is 0. The van der Waals surface area contributed by atoms with E-state index in [0.29, 0.717) is 18.0 Å². The van der Waals surface area contributed by atoms with Gasteiger partial charge < -0.3 is 10.2 Å². The van der Waals surface area contributed by atoms with E-state index < -0.39 is 0 Å². The molecular formula is C18H23N3. The standard InChI is InChI=1S/C18H23N3/c1-14(2)18-12-20-17(15-7-4-3-5-8-15)13-21(18)16-9-6-10-19-11-16/h3-11,14,17-18,20H,12-13H2,1-2H3. The number of hydrogen-bond acceptors (Lipinski definition) is 3. The van der Waals surface area contributed by atoms with Crippen molar-refractivity contribution in [3.05, 3.63) is 60.4 Å². The third kappa shape index (κ3) is 3.08. The van der Waals surface area contributed by atoms with Crippen molar-refractivity contribution in [2.45, 2.75) is 25.9 Å². The SMILES string of the molecule is CC(C)C1CNC(c2ccccc2)CN1c1cccnc1. The summed E-state index contributed by atoms with van der Waals surface area (Å²) in [5.41, 5.74) is 2.58. The van der Waals surface area contributed by atoms with Crippen LogP contribution in [0.5, 0.6) is 0 Å². The van der Waals surface area contributed by atoms with E-state index in [1.807, 2.05) is 18.5 Å². The molecule has 1 aliphatic rings. The van der Waals surface area contributed by atoms with Crippen LogP contribution in [0, 0.1) is 5.92 Å². The number of nitrogens with one attached hydrogen (secondary N) is 1. The predicted molar refractivity (Wildman–Crippen MR) is 87.4 cm³/mol. The van der Waals surface area contributed by atoms with Crippen molar-refractivity contribution < 1.29 is 0 Å². The van der Waals surface area contributed by atoms with Gasteiger partial charge in [0.15, 0.2) is 0 Å². The second-order valence-corrected chi connectivity index (χ2v) is 6.05. The third-order valence-electron chi connectivity index (χ3n) is 4.30. The summed E-state index contributed by atoms with van der Waals surface area (Å²) in [5.74, 6) is 0.606. The molecule has 1 N–H and O–H groups in total. The summed E-state index contributed by atoms with van der Waals surface area (Å²) in [6, 6.07) is 15.8. The molecular weight excluding hydrogens is 258 g/mol. The quantitative estimate of drug-likeness (QED) is 0.936. The highest BCUT2D eigenvalue weighted by Crippen LogP contribution is 2.27. The molecule has 1 aliphatic heterocycles. The second-order valence-electron chi connectivity index (χ2n) is 6.05. The normalized spacial score (nSPS) is 22.5. The Hall–Kier alpha value is -1.87. The van der Waals surface area contributed by atoms with Crippen molar-refractivity contribution >= 4 is 5.69 Å². The van der Waals surface area contributed by atoms with Crippen LogP contribution >= 0.6 is 0 Å². The summed E-state index contributed by atoms with van der Waals surface area (Å²) in [4.78, 5) is 6.80. The summed E-state index contributed by atoms with van der Waals surface area (Å²) in [6.07, 6.45) is 3.81. The van der Waals surface area contributed by atoms with E-state index >= 15 is 0 Å². The Morgan fingerprint density at radius 1 is 1.14 bits per heavy atom. The van der Waals surface area contributed by atoms with Gasteiger partial charge in [-0.1, -0.05) is 44.2 Å². The fourth-order valence-corrected chi connectivity index (χ4v) is 3.09. The van der Waals surface area contributed by atoms with Crippen LogP contribution in [0.15, 0.2) is 54.9 Å². The highest BCUT2D eigenvalue weighted by atomic mass is 15.2. The number of anilines is 1. The maximum absolute atomic E-state index is 4.29. The van der Waals surface area contributed by atoms with Crippen LogP contribution in [0.4, 0.5) is 5.69 Å². The first-order valence-corrected chi connectivity index (χ1v) is 7.70. The molecule has 2 atom stereocenters. The monoisotopic (exact) mass is 281 g/mol. The Balaban J connectivity index is 1.86. The fourth-order valence-electron chi connectivity index (χ4n) is 3.09. The highest BCUT2D eigenvalue weighted by molar-refractivity contribution is 5.46. The van der Waals surface area contributed by atoms with E-state index in [1.54, 1.807) is 0 Å². The number of hydrogen-bond donors (Lipinski definition) is 1. The van der Waals surface area contributed by atoms with E-state index in [0.717, 1.165) is 13.1 Å². The number of benzene rings is 1. The minimum atomic E-state index is 0.376. The lowest BCUT2D eigenvalue weighted by Crippen LogP contribution is -2.55. The van der Waals surface area contributed by atoms with Gasteiger partial charge >= 0.3 is 0 Å². The van der Waals surface area contributed by atoms with Gasteiger partial charge in [0.25, 0.3) is 0 Å². The largest absolute Gasteiger partial charge is 0.364 e. The van der Waals surface area contributed by atoms with Gasteiger partial charge in [-0.25, -0.2) is 0 Å². The number of pyridine rings is 1. The molecule has 2 aromatic rings. The summed E-state index contributed by atoms with van der Waals surface area (Å²) < 4.78 is 0. The van der Waals surface area contributed by atoms with Crippen LogP contribution < -0.4 is 10.2 Å². The average Bonchev–Trinajstić information content (AvgIpc) is 2.56.